The quantitative estimate of drug-likeness (QED) is 0.870. The molecule has 1 fully saturated rings. The third kappa shape index (κ3) is 2.72. The van der Waals surface area contributed by atoms with Crippen molar-refractivity contribution in [2.75, 3.05) is 19.7 Å². The van der Waals surface area contributed by atoms with Gasteiger partial charge in [-0.15, -0.1) is 0 Å². The lowest BCUT2D eigenvalue weighted by Gasteiger charge is -2.31. The van der Waals surface area contributed by atoms with Gasteiger partial charge in [0.25, 0.3) is 5.91 Å². The van der Waals surface area contributed by atoms with Gasteiger partial charge in [0.15, 0.2) is 0 Å². The minimum Gasteiger partial charge on any atom is -0.396 e. The van der Waals surface area contributed by atoms with Crippen molar-refractivity contribution < 1.29 is 9.90 Å². The predicted octanol–water partition coefficient (Wildman–Crippen LogP) is 2.15. The molecule has 1 amide bonds. The monoisotopic (exact) mass is 247 g/mol. The molecule has 0 aromatic heterocycles. The largest absolute Gasteiger partial charge is 0.396 e. The molecule has 1 saturated heterocycles. The topological polar surface area (TPSA) is 40.5 Å². The Kier molecular flexibility index (Phi) is 4.02. The summed E-state index contributed by atoms with van der Waals surface area (Å²) >= 11 is 0. The third-order valence-corrected chi connectivity index (χ3v) is 3.77. The number of aliphatic hydroxyl groups excluding tert-OH is 1. The molecule has 1 N–H and O–H groups in total. The van der Waals surface area contributed by atoms with E-state index in [1.807, 2.05) is 36.9 Å². The summed E-state index contributed by atoms with van der Waals surface area (Å²) in [4.78, 5) is 14.3. The number of hydrogen-bond acceptors (Lipinski definition) is 2. The van der Waals surface area contributed by atoms with Gasteiger partial charge in [-0.05, 0) is 44.2 Å². The van der Waals surface area contributed by atoms with Gasteiger partial charge in [-0.3, -0.25) is 4.79 Å². The summed E-state index contributed by atoms with van der Waals surface area (Å²) in [5.74, 6) is 0.497. The molecular formula is C15H21NO2. The van der Waals surface area contributed by atoms with Gasteiger partial charge in [0.2, 0.25) is 0 Å². The lowest BCUT2D eigenvalue weighted by atomic mass is 9.96. The average Bonchev–Trinajstić information content (AvgIpc) is 2.38. The maximum Gasteiger partial charge on any atom is 0.254 e. The van der Waals surface area contributed by atoms with Crippen molar-refractivity contribution >= 4 is 5.91 Å². The standard InChI is InChI=1S/C15H21NO2/c1-11-3-4-14(12(2)9-11)15(18)16-7-5-13(10-17)6-8-16/h3-4,9,13,17H,5-8,10H2,1-2H3. The van der Waals surface area contributed by atoms with Crippen LogP contribution in [0.3, 0.4) is 0 Å². The molecule has 0 atom stereocenters. The molecule has 3 nitrogen and oxygen atoms in total. The van der Waals surface area contributed by atoms with Crippen LogP contribution in [0.15, 0.2) is 18.2 Å². The molecule has 0 unspecified atom stereocenters. The summed E-state index contributed by atoms with van der Waals surface area (Å²) in [5.41, 5.74) is 3.04. The Bertz CT molecular complexity index is 434. The van der Waals surface area contributed by atoms with Gasteiger partial charge >= 0.3 is 0 Å². The first-order chi connectivity index (χ1) is 8.61. The second kappa shape index (κ2) is 5.53. The summed E-state index contributed by atoms with van der Waals surface area (Å²) in [6, 6.07) is 5.96. The Morgan fingerprint density at radius 2 is 2.00 bits per heavy atom. The van der Waals surface area contributed by atoms with Crippen molar-refractivity contribution in [3.8, 4) is 0 Å². The molecule has 0 spiro atoms. The minimum absolute atomic E-state index is 0.129. The molecule has 98 valence electrons. The van der Waals surface area contributed by atoms with Crippen LogP contribution in [0.2, 0.25) is 0 Å². The summed E-state index contributed by atoms with van der Waals surface area (Å²) in [5, 5.41) is 9.10. The normalized spacial score (nSPS) is 16.9. The number of likely N-dealkylation sites (tertiary alicyclic amines) is 1. The highest BCUT2D eigenvalue weighted by Gasteiger charge is 2.23. The first-order valence-corrected chi connectivity index (χ1v) is 6.59. The van der Waals surface area contributed by atoms with Gasteiger partial charge in [0.1, 0.15) is 0 Å². The van der Waals surface area contributed by atoms with Gasteiger partial charge < -0.3 is 10.0 Å². The second-order valence-electron chi connectivity index (χ2n) is 5.24. The molecule has 0 radical (unpaired) electrons. The summed E-state index contributed by atoms with van der Waals surface area (Å²) in [6.07, 6.45) is 1.82. The van der Waals surface area contributed by atoms with E-state index in [1.165, 1.54) is 5.56 Å². The number of carbonyl (C=O) groups is 1. The van der Waals surface area contributed by atoms with Gasteiger partial charge in [-0.25, -0.2) is 0 Å². The number of amides is 1. The molecular weight excluding hydrogens is 226 g/mol. The zero-order valence-electron chi connectivity index (χ0n) is 11.1. The fourth-order valence-electron chi connectivity index (χ4n) is 2.54. The smallest absolute Gasteiger partial charge is 0.254 e. The van der Waals surface area contributed by atoms with Crippen LogP contribution < -0.4 is 0 Å². The van der Waals surface area contributed by atoms with E-state index in [1.54, 1.807) is 0 Å². The van der Waals surface area contributed by atoms with Crippen LogP contribution in [0.1, 0.15) is 34.3 Å². The third-order valence-electron chi connectivity index (χ3n) is 3.77. The van der Waals surface area contributed by atoms with E-state index in [-0.39, 0.29) is 12.5 Å². The highest BCUT2D eigenvalue weighted by atomic mass is 16.3. The Morgan fingerprint density at radius 1 is 1.33 bits per heavy atom. The summed E-state index contributed by atoms with van der Waals surface area (Å²) in [7, 11) is 0. The number of nitrogens with zero attached hydrogens (tertiary/aromatic N) is 1. The fraction of sp³-hybridized carbons (Fsp3) is 0.533. The molecule has 1 aromatic rings. The van der Waals surface area contributed by atoms with Crippen LogP contribution in [-0.4, -0.2) is 35.6 Å². The van der Waals surface area contributed by atoms with Crippen molar-refractivity contribution in [2.45, 2.75) is 26.7 Å². The zero-order valence-corrected chi connectivity index (χ0v) is 11.1. The maximum atomic E-state index is 12.4. The molecule has 3 heteroatoms. The number of rotatable bonds is 2. The first-order valence-electron chi connectivity index (χ1n) is 6.59. The van der Waals surface area contributed by atoms with Gasteiger partial charge in [0.05, 0.1) is 0 Å². The maximum absolute atomic E-state index is 12.4. The van der Waals surface area contributed by atoms with Crippen molar-refractivity contribution in [2.24, 2.45) is 5.92 Å². The lowest BCUT2D eigenvalue weighted by molar-refractivity contribution is 0.0650. The van der Waals surface area contributed by atoms with E-state index in [2.05, 4.69) is 0 Å². The SMILES string of the molecule is Cc1ccc(C(=O)N2CCC(CO)CC2)c(C)c1. The van der Waals surface area contributed by atoms with Gasteiger partial charge in [-0.1, -0.05) is 17.7 Å². The van der Waals surface area contributed by atoms with Crippen LogP contribution in [-0.2, 0) is 0 Å². The van der Waals surface area contributed by atoms with Crippen molar-refractivity contribution in [3.05, 3.63) is 34.9 Å². The number of aryl methyl sites for hydroxylation is 2. The first kappa shape index (κ1) is 13.1. The van der Waals surface area contributed by atoms with Crippen LogP contribution in [0.5, 0.6) is 0 Å². The predicted molar refractivity (Wildman–Crippen MR) is 71.6 cm³/mol. The Balaban J connectivity index is 2.08. The Hall–Kier alpha value is -1.35. The van der Waals surface area contributed by atoms with E-state index in [9.17, 15) is 4.79 Å². The Labute approximate surface area is 108 Å². The number of benzene rings is 1. The molecule has 1 aliphatic rings. The highest BCUT2D eigenvalue weighted by molar-refractivity contribution is 5.95. The van der Waals surface area contributed by atoms with Crippen LogP contribution in [0.25, 0.3) is 0 Å². The summed E-state index contributed by atoms with van der Waals surface area (Å²) in [6.45, 7) is 5.79. The molecule has 2 rings (SSSR count). The van der Waals surface area contributed by atoms with E-state index in [0.717, 1.165) is 37.1 Å². The molecule has 18 heavy (non-hydrogen) atoms. The van der Waals surface area contributed by atoms with Crippen LogP contribution >= 0.6 is 0 Å². The zero-order chi connectivity index (χ0) is 13.1. The number of aliphatic hydroxyl groups is 1. The lowest BCUT2D eigenvalue weighted by Crippen LogP contribution is -2.39. The highest BCUT2D eigenvalue weighted by Crippen LogP contribution is 2.20. The minimum atomic E-state index is 0.129. The molecule has 1 aromatic carbocycles. The van der Waals surface area contributed by atoms with Gasteiger partial charge in [-0.2, -0.15) is 0 Å². The average molecular weight is 247 g/mol. The van der Waals surface area contributed by atoms with Crippen molar-refractivity contribution in [3.63, 3.8) is 0 Å². The van der Waals surface area contributed by atoms with E-state index in [0.29, 0.717) is 5.92 Å². The number of piperidine rings is 1. The molecule has 0 aliphatic carbocycles. The van der Waals surface area contributed by atoms with E-state index >= 15 is 0 Å². The van der Waals surface area contributed by atoms with Crippen molar-refractivity contribution in [1.29, 1.82) is 0 Å². The van der Waals surface area contributed by atoms with Crippen LogP contribution in [0.4, 0.5) is 0 Å². The number of hydrogen-bond donors (Lipinski definition) is 1. The van der Waals surface area contributed by atoms with E-state index < -0.39 is 0 Å². The second-order valence-corrected chi connectivity index (χ2v) is 5.24. The molecule has 0 saturated carbocycles. The fourth-order valence-corrected chi connectivity index (χ4v) is 2.54. The Morgan fingerprint density at radius 3 is 2.56 bits per heavy atom. The van der Waals surface area contributed by atoms with Crippen molar-refractivity contribution in [1.82, 2.24) is 4.90 Å². The van der Waals surface area contributed by atoms with Crippen LogP contribution in [0, 0.1) is 19.8 Å². The molecule has 0 bridgehead atoms. The number of carbonyl (C=O) groups excluding carboxylic acids is 1. The molecule has 1 aliphatic heterocycles. The van der Waals surface area contributed by atoms with Gasteiger partial charge in [0, 0.05) is 25.3 Å². The summed E-state index contributed by atoms with van der Waals surface area (Å²) < 4.78 is 0. The van der Waals surface area contributed by atoms with E-state index in [4.69, 9.17) is 5.11 Å². The molecule has 1 heterocycles.